The number of thioether (sulfide) groups is 1. The molecule has 1 N–H and O–H groups in total. The predicted octanol–water partition coefficient (Wildman–Crippen LogP) is 4.59. The third kappa shape index (κ3) is 5.27. The van der Waals surface area contributed by atoms with E-state index in [1.54, 1.807) is 11.8 Å². The fourth-order valence-electron chi connectivity index (χ4n) is 2.03. The Hall–Kier alpha value is -0.840. The van der Waals surface area contributed by atoms with Gasteiger partial charge in [0.25, 0.3) is 0 Å². The summed E-state index contributed by atoms with van der Waals surface area (Å²) >= 11 is 3.61. The van der Waals surface area contributed by atoms with Gasteiger partial charge in [-0.2, -0.15) is 0 Å². The van der Waals surface area contributed by atoms with Crippen molar-refractivity contribution in [3.63, 3.8) is 0 Å². The van der Waals surface area contributed by atoms with Gasteiger partial charge >= 0.3 is 0 Å². The molecule has 1 nitrogen and oxygen atoms in total. The summed E-state index contributed by atoms with van der Waals surface area (Å²) in [5.41, 5.74) is 0. The minimum Gasteiger partial charge on any atom is -0.313 e. The van der Waals surface area contributed by atoms with Gasteiger partial charge in [-0.05, 0) is 55.1 Å². The predicted molar refractivity (Wildman–Crippen MR) is 87.2 cm³/mol. The topological polar surface area (TPSA) is 12.0 Å². The van der Waals surface area contributed by atoms with Crippen LogP contribution in [0.3, 0.4) is 0 Å². The molecule has 108 valence electrons. The number of aryl methyl sites for hydroxylation is 1. The zero-order valence-electron chi connectivity index (χ0n) is 11.6. The van der Waals surface area contributed by atoms with Gasteiger partial charge < -0.3 is 5.32 Å². The Morgan fingerprint density at radius 1 is 1.25 bits per heavy atom. The molecule has 0 radical (unpaired) electrons. The fraction of sp³-hybridized carbons (Fsp3) is 0.375. The zero-order valence-corrected chi connectivity index (χ0v) is 13.3. The Balaban J connectivity index is 1.80. The van der Waals surface area contributed by atoms with E-state index in [4.69, 9.17) is 0 Å². The lowest BCUT2D eigenvalue weighted by Crippen LogP contribution is -2.31. The van der Waals surface area contributed by atoms with Crippen LogP contribution in [-0.4, -0.2) is 18.3 Å². The monoisotopic (exact) mass is 309 g/mol. The van der Waals surface area contributed by atoms with Crippen molar-refractivity contribution in [1.82, 2.24) is 5.32 Å². The molecule has 4 heteroatoms. The average Bonchev–Trinajstić information content (AvgIpc) is 2.97. The maximum atomic E-state index is 12.9. The van der Waals surface area contributed by atoms with Crippen LogP contribution in [-0.2, 0) is 6.42 Å². The second-order valence-corrected chi connectivity index (χ2v) is 6.76. The number of hydrogen-bond donors (Lipinski definition) is 1. The second kappa shape index (κ2) is 8.45. The molecule has 0 amide bonds. The van der Waals surface area contributed by atoms with E-state index in [1.807, 2.05) is 23.5 Å². The number of benzene rings is 1. The fourth-order valence-corrected chi connectivity index (χ4v) is 3.76. The molecular weight excluding hydrogens is 289 g/mol. The van der Waals surface area contributed by atoms with Crippen LogP contribution in [0.25, 0.3) is 0 Å². The van der Waals surface area contributed by atoms with Crippen LogP contribution in [0.2, 0.25) is 0 Å². The highest BCUT2D eigenvalue weighted by Crippen LogP contribution is 2.21. The molecule has 0 aliphatic carbocycles. The van der Waals surface area contributed by atoms with Crippen molar-refractivity contribution in [3.8, 4) is 0 Å². The highest BCUT2D eigenvalue weighted by atomic mass is 32.2. The van der Waals surface area contributed by atoms with Crippen LogP contribution < -0.4 is 5.32 Å². The van der Waals surface area contributed by atoms with Crippen molar-refractivity contribution in [2.45, 2.75) is 30.7 Å². The van der Waals surface area contributed by atoms with Crippen LogP contribution in [0.5, 0.6) is 0 Å². The van der Waals surface area contributed by atoms with E-state index in [0.717, 1.165) is 30.0 Å². The zero-order chi connectivity index (χ0) is 14.2. The van der Waals surface area contributed by atoms with Gasteiger partial charge in [0.05, 0.1) is 0 Å². The van der Waals surface area contributed by atoms with Crippen molar-refractivity contribution in [2.75, 3.05) is 12.3 Å². The molecule has 0 spiro atoms. The number of thiophene rings is 1. The Kier molecular flexibility index (Phi) is 6.57. The van der Waals surface area contributed by atoms with Gasteiger partial charge in [-0.15, -0.1) is 23.1 Å². The first-order valence-corrected chi connectivity index (χ1v) is 8.78. The molecule has 0 aliphatic heterocycles. The van der Waals surface area contributed by atoms with Crippen LogP contribution in [0, 0.1) is 5.82 Å². The van der Waals surface area contributed by atoms with Crippen LogP contribution in [0.15, 0.2) is 46.7 Å². The summed E-state index contributed by atoms with van der Waals surface area (Å²) in [4.78, 5) is 2.57. The summed E-state index contributed by atoms with van der Waals surface area (Å²) in [7, 11) is 0. The van der Waals surface area contributed by atoms with Crippen LogP contribution in [0.1, 0.15) is 18.2 Å². The molecule has 20 heavy (non-hydrogen) atoms. The van der Waals surface area contributed by atoms with Crippen molar-refractivity contribution in [3.05, 3.63) is 52.5 Å². The van der Waals surface area contributed by atoms with Gasteiger partial charge in [0.1, 0.15) is 5.82 Å². The molecule has 2 rings (SSSR count). The summed E-state index contributed by atoms with van der Waals surface area (Å²) in [6, 6.07) is 11.5. The minimum atomic E-state index is -0.171. The van der Waals surface area contributed by atoms with E-state index in [9.17, 15) is 4.39 Å². The summed E-state index contributed by atoms with van der Waals surface area (Å²) < 4.78 is 12.9. The normalized spacial score (nSPS) is 12.5. The number of halogens is 1. The SMILES string of the molecule is CCNC(CCc1cccs1)CSc1ccc(F)cc1. The molecule has 0 bridgehead atoms. The van der Waals surface area contributed by atoms with E-state index in [1.165, 1.54) is 17.0 Å². The maximum absolute atomic E-state index is 12.9. The highest BCUT2D eigenvalue weighted by molar-refractivity contribution is 7.99. The Bertz CT molecular complexity index is 482. The first-order chi connectivity index (χ1) is 9.78. The van der Waals surface area contributed by atoms with E-state index < -0.39 is 0 Å². The second-order valence-electron chi connectivity index (χ2n) is 4.64. The quantitative estimate of drug-likeness (QED) is 0.716. The first kappa shape index (κ1) is 15.5. The molecule has 1 aromatic carbocycles. The van der Waals surface area contributed by atoms with E-state index >= 15 is 0 Å². The van der Waals surface area contributed by atoms with Crippen molar-refractivity contribution >= 4 is 23.1 Å². The van der Waals surface area contributed by atoms with Gasteiger partial charge in [-0.3, -0.25) is 0 Å². The van der Waals surface area contributed by atoms with Crippen LogP contribution >= 0.6 is 23.1 Å². The van der Waals surface area contributed by atoms with Gasteiger partial charge in [0.15, 0.2) is 0 Å². The molecule has 0 saturated heterocycles. The van der Waals surface area contributed by atoms with Crippen molar-refractivity contribution < 1.29 is 4.39 Å². The van der Waals surface area contributed by atoms with E-state index in [0.29, 0.717) is 6.04 Å². The smallest absolute Gasteiger partial charge is 0.123 e. The standard InChI is InChI=1S/C16H20FNS2/c1-2-18-14(7-10-15-4-3-11-19-15)12-20-16-8-5-13(17)6-9-16/h3-6,8-9,11,14,18H,2,7,10,12H2,1H3. The molecule has 0 fully saturated rings. The largest absolute Gasteiger partial charge is 0.313 e. The third-order valence-electron chi connectivity index (χ3n) is 3.08. The summed E-state index contributed by atoms with van der Waals surface area (Å²) in [5.74, 6) is 0.848. The molecule has 0 aliphatic rings. The third-order valence-corrected chi connectivity index (χ3v) is 5.19. The number of rotatable bonds is 8. The van der Waals surface area contributed by atoms with Gasteiger partial charge in [-0.1, -0.05) is 13.0 Å². The van der Waals surface area contributed by atoms with Gasteiger partial charge in [0, 0.05) is 21.6 Å². The molecule has 1 unspecified atom stereocenters. The number of nitrogens with one attached hydrogen (secondary N) is 1. The summed E-state index contributed by atoms with van der Waals surface area (Å²) in [6.45, 7) is 3.12. The average molecular weight is 309 g/mol. The highest BCUT2D eigenvalue weighted by Gasteiger charge is 2.09. The lowest BCUT2D eigenvalue weighted by molar-refractivity contribution is 0.539. The number of hydrogen-bond acceptors (Lipinski definition) is 3. The molecular formula is C16H20FNS2. The van der Waals surface area contributed by atoms with E-state index in [-0.39, 0.29) is 5.82 Å². The Morgan fingerprint density at radius 3 is 2.70 bits per heavy atom. The van der Waals surface area contributed by atoms with Gasteiger partial charge in [0.2, 0.25) is 0 Å². The first-order valence-electron chi connectivity index (χ1n) is 6.92. The molecule has 0 saturated carbocycles. The summed E-state index contributed by atoms with van der Waals surface area (Å²) in [5, 5.41) is 5.67. The molecule has 1 heterocycles. The lowest BCUT2D eigenvalue weighted by atomic mass is 10.1. The van der Waals surface area contributed by atoms with E-state index in [2.05, 4.69) is 29.8 Å². The molecule has 2 aromatic rings. The molecule has 1 aromatic heterocycles. The molecule has 1 atom stereocenters. The summed E-state index contributed by atoms with van der Waals surface area (Å²) in [6.07, 6.45) is 2.27. The Morgan fingerprint density at radius 2 is 2.05 bits per heavy atom. The minimum absolute atomic E-state index is 0.171. The van der Waals surface area contributed by atoms with Crippen molar-refractivity contribution in [2.24, 2.45) is 0 Å². The maximum Gasteiger partial charge on any atom is 0.123 e. The lowest BCUT2D eigenvalue weighted by Gasteiger charge is -2.17. The Labute approximate surface area is 128 Å². The van der Waals surface area contributed by atoms with Gasteiger partial charge in [-0.25, -0.2) is 4.39 Å². The van der Waals surface area contributed by atoms with Crippen molar-refractivity contribution in [1.29, 1.82) is 0 Å². The van der Waals surface area contributed by atoms with Crippen LogP contribution in [0.4, 0.5) is 4.39 Å².